The minimum absolute atomic E-state index is 0.0560. The first-order valence-corrected chi connectivity index (χ1v) is 5.02. The van der Waals surface area contributed by atoms with Crippen molar-refractivity contribution in [2.75, 3.05) is 0 Å². The van der Waals surface area contributed by atoms with E-state index in [-0.39, 0.29) is 5.54 Å². The Morgan fingerprint density at radius 3 is 2.77 bits per heavy atom. The van der Waals surface area contributed by atoms with Crippen LogP contribution >= 0.6 is 0 Å². The average molecular weight is 177 g/mol. The van der Waals surface area contributed by atoms with Gasteiger partial charge in [0, 0.05) is 13.2 Å². The van der Waals surface area contributed by atoms with Crippen molar-refractivity contribution in [1.29, 1.82) is 0 Å². The summed E-state index contributed by atoms with van der Waals surface area (Å²) in [6, 6.07) is 2.07. The highest BCUT2D eigenvalue weighted by molar-refractivity contribution is 5.30. The topological polar surface area (TPSA) is 43.8 Å². The summed E-state index contributed by atoms with van der Waals surface area (Å²) in [6.45, 7) is 0. The number of aromatic nitrogens is 2. The van der Waals surface area contributed by atoms with Gasteiger partial charge < -0.3 is 5.73 Å². The highest BCUT2D eigenvalue weighted by Gasteiger charge is 2.65. The number of fused-ring (bicyclic) bond motifs is 1. The van der Waals surface area contributed by atoms with E-state index in [1.54, 1.807) is 0 Å². The van der Waals surface area contributed by atoms with Gasteiger partial charge in [-0.2, -0.15) is 5.10 Å². The van der Waals surface area contributed by atoms with Crippen LogP contribution in [0.5, 0.6) is 0 Å². The highest BCUT2D eigenvalue weighted by atomic mass is 15.3. The molecule has 0 aromatic carbocycles. The van der Waals surface area contributed by atoms with Gasteiger partial charge in [-0.1, -0.05) is 6.42 Å². The lowest BCUT2D eigenvalue weighted by molar-refractivity contribution is 0.506. The van der Waals surface area contributed by atoms with Gasteiger partial charge in [0.05, 0.1) is 11.2 Å². The van der Waals surface area contributed by atoms with Gasteiger partial charge in [-0.05, 0) is 30.7 Å². The van der Waals surface area contributed by atoms with Gasteiger partial charge >= 0.3 is 0 Å². The van der Waals surface area contributed by atoms with Gasteiger partial charge in [-0.3, -0.25) is 4.68 Å². The van der Waals surface area contributed by atoms with Crippen molar-refractivity contribution < 1.29 is 0 Å². The normalized spacial score (nSPS) is 42.0. The molecule has 3 nitrogen and oxygen atoms in total. The summed E-state index contributed by atoms with van der Waals surface area (Å²) in [5, 5.41) is 4.42. The predicted molar refractivity (Wildman–Crippen MR) is 49.9 cm³/mol. The maximum absolute atomic E-state index is 6.35. The number of hydrogen-bond donors (Lipinski definition) is 1. The first kappa shape index (κ1) is 7.56. The van der Waals surface area contributed by atoms with Crippen molar-refractivity contribution in [2.45, 2.75) is 24.8 Å². The zero-order valence-electron chi connectivity index (χ0n) is 7.90. The molecule has 3 heteroatoms. The molecule has 2 atom stereocenters. The van der Waals surface area contributed by atoms with Crippen molar-refractivity contribution in [3.8, 4) is 0 Å². The van der Waals surface area contributed by atoms with E-state index in [0.717, 1.165) is 17.5 Å². The summed E-state index contributed by atoms with van der Waals surface area (Å²) < 4.78 is 1.85. The molecule has 1 aromatic heterocycles. The van der Waals surface area contributed by atoms with E-state index in [4.69, 9.17) is 5.73 Å². The average Bonchev–Trinajstić information content (AvgIpc) is 2.61. The Morgan fingerprint density at radius 1 is 1.54 bits per heavy atom. The van der Waals surface area contributed by atoms with Gasteiger partial charge in [-0.25, -0.2) is 0 Å². The zero-order chi connectivity index (χ0) is 9.05. The standard InChI is InChI=1S/C10H15N3/c1-13-6-5-9(12-13)10(11)7-3-2-4-8(7)10/h5-8H,2-4,11H2,1H3. The van der Waals surface area contributed by atoms with Gasteiger partial charge in [0.15, 0.2) is 0 Å². The monoisotopic (exact) mass is 177 g/mol. The molecular formula is C10H15N3. The fourth-order valence-electron chi connectivity index (χ4n) is 3.03. The van der Waals surface area contributed by atoms with Crippen molar-refractivity contribution in [3.05, 3.63) is 18.0 Å². The minimum Gasteiger partial charge on any atom is -0.320 e. The molecule has 2 aliphatic carbocycles. The van der Waals surface area contributed by atoms with Crippen LogP contribution in [0.25, 0.3) is 0 Å². The molecule has 2 unspecified atom stereocenters. The van der Waals surface area contributed by atoms with Crippen molar-refractivity contribution in [2.24, 2.45) is 24.6 Å². The van der Waals surface area contributed by atoms with Crippen molar-refractivity contribution in [3.63, 3.8) is 0 Å². The lowest BCUT2D eigenvalue weighted by atomic mass is 10.0. The van der Waals surface area contributed by atoms with Crippen LogP contribution in [0, 0.1) is 11.8 Å². The van der Waals surface area contributed by atoms with Crippen LogP contribution in [-0.4, -0.2) is 9.78 Å². The zero-order valence-corrected chi connectivity index (χ0v) is 7.90. The van der Waals surface area contributed by atoms with Crippen molar-refractivity contribution >= 4 is 0 Å². The number of nitrogens with zero attached hydrogens (tertiary/aromatic N) is 2. The predicted octanol–water partition coefficient (Wildman–Crippen LogP) is 1.00. The summed E-state index contributed by atoms with van der Waals surface area (Å²) in [7, 11) is 1.95. The summed E-state index contributed by atoms with van der Waals surface area (Å²) in [5.41, 5.74) is 7.40. The summed E-state index contributed by atoms with van der Waals surface area (Å²) >= 11 is 0. The molecule has 0 saturated heterocycles. The molecule has 2 N–H and O–H groups in total. The van der Waals surface area contributed by atoms with Crippen LogP contribution in [0.15, 0.2) is 12.3 Å². The van der Waals surface area contributed by atoms with E-state index in [1.165, 1.54) is 19.3 Å². The number of nitrogens with two attached hydrogens (primary N) is 1. The van der Waals surface area contributed by atoms with Crippen LogP contribution in [0.4, 0.5) is 0 Å². The lowest BCUT2D eigenvalue weighted by Gasteiger charge is -2.11. The third-order valence-electron chi connectivity index (χ3n) is 3.79. The van der Waals surface area contributed by atoms with Gasteiger partial charge in [0.2, 0.25) is 0 Å². The van der Waals surface area contributed by atoms with E-state index in [1.807, 2.05) is 17.9 Å². The molecule has 2 aliphatic rings. The Kier molecular flexibility index (Phi) is 1.25. The minimum atomic E-state index is -0.0560. The summed E-state index contributed by atoms with van der Waals surface area (Å²) in [6.07, 6.45) is 5.95. The molecule has 0 amide bonds. The smallest absolute Gasteiger partial charge is 0.0828 e. The Balaban J connectivity index is 1.95. The van der Waals surface area contributed by atoms with Crippen LogP contribution in [-0.2, 0) is 12.6 Å². The van der Waals surface area contributed by atoms with E-state index >= 15 is 0 Å². The van der Waals surface area contributed by atoms with Gasteiger partial charge in [0.1, 0.15) is 0 Å². The Labute approximate surface area is 77.9 Å². The molecule has 1 heterocycles. The molecule has 2 fully saturated rings. The maximum atomic E-state index is 6.35. The highest BCUT2D eigenvalue weighted by Crippen LogP contribution is 2.64. The van der Waals surface area contributed by atoms with Crippen LogP contribution in [0.3, 0.4) is 0 Å². The fraction of sp³-hybridized carbons (Fsp3) is 0.700. The maximum Gasteiger partial charge on any atom is 0.0828 e. The molecule has 1 aromatic rings. The fourth-order valence-corrected chi connectivity index (χ4v) is 3.03. The quantitative estimate of drug-likeness (QED) is 0.695. The van der Waals surface area contributed by atoms with Gasteiger partial charge in [-0.15, -0.1) is 0 Å². The molecule has 0 aliphatic heterocycles. The third kappa shape index (κ3) is 0.804. The molecule has 0 spiro atoms. The van der Waals surface area contributed by atoms with E-state index in [2.05, 4.69) is 11.2 Å². The molecule has 0 bridgehead atoms. The Morgan fingerprint density at radius 2 is 2.23 bits per heavy atom. The van der Waals surface area contributed by atoms with Crippen LogP contribution in [0.2, 0.25) is 0 Å². The second-order valence-electron chi connectivity index (χ2n) is 4.45. The van der Waals surface area contributed by atoms with E-state index < -0.39 is 0 Å². The van der Waals surface area contributed by atoms with Crippen LogP contribution in [0.1, 0.15) is 25.0 Å². The summed E-state index contributed by atoms with van der Waals surface area (Å²) in [4.78, 5) is 0. The molecule has 0 radical (unpaired) electrons. The molecular weight excluding hydrogens is 162 g/mol. The van der Waals surface area contributed by atoms with Gasteiger partial charge in [0.25, 0.3) is 0 Å². The SMILES string of the molecule is Cn1ccc(C2(N)C3CCCC32)n1. The Bertz CT molecular complexity index is 332. The van der Waals surface area contributed by atoms with Crippen LogP contribution < -0.4 is 5.73 Å². The van der Waals surface area contributed by atoms with Crippen molar-refractivity contribution in [1.82, 2.24) is 9.78 Å². The molecule has 13 heavy (non-hydrogen) atoms. The number of aryl methyl sites for hydroxylation is 1. The molecule has 2 saturated carbocycles. The molecule has 70 valence electrons. The first-order chi connectivity index (χ1) is 6.23. The van der Waals surface area contributed by atoms with E-state index in [0.29, 0.717) is 0 Å². The second-order valence-corrected chi connectivity index (χ2v) is 4.45. The largest absolute Gasteiger partial charge is 0.320 e. The Hall–Kier alpha value is -0.830. The lowest BCUT2D eigenvalue weighted by Crippen LogP contribution is -2.26. The summed E-state index contributed by atoms with van der Waals surface area (Å²) in [5.74, 6) is 1.45. The second kappa shape index (κ2) is 2.15. The number of rotatable bonds is 1. The first-order valence-electron chi connectivity index (χ1n) is 5.02. The molecule has 3 rings (SSSR count). The third-order valence-corrected chi connectivity index (χ3v) is 3.79. The number of hydrogen-bond acceptors (Lipinski definition) is 2. The van der Waals surface area contributed by atoms with E-state index in [9.17, 15) is 0 Å².